The van der Waals surface area contributed by atoms with Crippen LogP contribution in [-0.4, -0.2) is 23.6 Å². The molecule has 2 N–H and O–H groups in total. The molecule has 0 unspecified atom stereocenters. The molecule has 0 fully saturated rings. The Hall–Kier alpha value is -2.53. The van der Waals surface area contributed by atoms with Gasteiger partial charge in [-0.1, -0.05) is 11.6 Å². The number of aryl methyl sites for hydroxylation is 1. The first-order valence-corrected chi connectivity index (χ1v) is 6.85. The summed E-state index contributed by atoms with van der Waals surface area (Å²) < 4.78 is 5.33. The quantitative estimate of drug-likeness (QED) is 0.886. The van der Waals surface area contributed by atoms with E-state index < -0.39 is 5.97 Å². The van der Waals surface area contributed by atoms with Crippen molar-refractivity contribution in [3.05, 3.63) is 58.6 Å². The summed E-state index contributed by atoms with van der Waals surface area (Å²) in [6, 6.07) is 11.2. The van der Waals surface area contributed by atoms with Crippen molar-refractivity contribution in [2.24, 2.45) is 0 Å². The van der Waals surface area contributed by atoms with E-state index >= 15 is 0 Å². The number of carbonyl (C=O) groups excluding carboxylic acids is 1. The van der Waals surface area contributed by atoms with Crippen LogP contribution in [0.1, 0.15) is 15.9 Å². The number of carboxylic acid groups (broad SMARTS) is 1. The van der Waals surface area contributed by atoms with Crippen molar-refractivity contribution in [1.82, 2.24) is 0 Å². The van der Waals surface area contributed by atoms with E-state index in [0.29, 0.717) is 22.0 Å². The zero-order valence-corrected chi connectivity index (χ0v) is 12.6. The van der Waals surface area contributed by atoms with E-state index in [1.54, 1.807) is 37.3 Å². The molecule has 1 amide bonds. The van der Waals surface area contributed by atoms with E-state index in [4.69, 9.17) is 21.4 Å². The van der Waals surface area contributed by atoms with Gasteiger partial charge in [-0.05, 0) is 55.0 Å². The van der Waals surface area contributed by atoms with Crippen LogP contribution in [0, 0.1) is 6.92 Å². The van der Waals surface area contributed by atoms with E-state index in [-0.39, 0.29) is 18.1 Å². The van der Waals surface area contributed by atoms with Crippen molar-refractivity contribution in [1.29, 1.82) is 0 Å². The van der Waals surface area contributed by atoms with E-state index in [2.05, 4.69) is 5.32 Å². The number of rotatable bonds is 5. The molecular weight excluding hydrogens is 306 g/mol. The predicted octanol–water partition coefficient (Wildman–Crippen LogP) is 3.36. The number of aromatic carboxylic acids is 1. The molecule has 5 nitrogen and oxygen atoms in total. The molecule has 0 saturated heterocycles. The highest BCUT2D eigenvalue weighted by atomic mass is 35.5. The fourth-order valence-corrected chi connectivity index (χ4v) is 1.93. The maximum absolute atomic E-state index is 11.8. The first kappa shape index (κ1) is 15.9. The monoisotopic (exact) mass is 319 g/mol. The number of halogens is 1. The Morgan fingerprint density at radius 3 is 2.45 bits per heavy atom. The number of benzene rings is 2. The number of hydrogen-bond donors (Lipinski definition) is 2. The van der Waals surface area contributed by atoms with Gasteiger partial charge in [0.25, 0.3) is 5.91 Å². The highest BCUT2D eigenvalue weighted by molar-refractivity contribution is 6.30. The van der Waals surface area contributed by atoms with Gasteiger partial charge in [-0.2, -0.15) is 0 Å². The molecule has 2 aromatic rings. The molecular formula is C16H14ClNO4. The number of carbonyl (C=O) groups is 2. The standard InChI is InChI=1S/C16H14ClNO4/c1-10-8-11(16(20)21)2-7-14(10)18-15(19)9-22-13-5-3-12(17)4-6-13/h2-8H,9H2,1H3,(H,18,19)(H,20,21). The molecule has 0 aliphatic carbocycles. The predicted molar refractivity (Wildman–Crippen MR) is 83.7 cm³/mol. The first-order valence-electron chi connectivity index (χ1n) is 6.48. The van der Waals surface area contributed by atoms with Gasteiger partial charge in [0.05, 0.1) is 5.56 Å². The largest absolute Gasteiger partial charge is 0.484 e. The summed E-state index contributed by atoms with van der Waals surface area (Å²) in [6.07, 6.45) is 0. The second-order valence-corrected chi connectivity index (χ2v) is 5.06. The lowest BCUT2D eigenvalue weighted by molar-refractivity contribution is -0.118. The molecule has 0 atom stereocenters. The molecule has 22 heavy (non-hydrogen) atoms. The second-order valence-electron chi connectivity index (χ2n) is 4.63. The molecule has 0 aliphatic rings. The molecule has 2 rings (SSSR count). The molecule has 0 aromatic heterocycles. The normalized spacial score (nSPS) is 10.1. The maximum atomic E-state index is 11.8. The van der Waals surface area contributed by atoms with Crippen molar-refractivity contribution in [2.45, 2.75) is 6.92 Å². The fraction of sp³-hybridized carbons (Fsp3) is 0.125. The highest BCUT2D eigenvalue weighted by Crippen LogP contribution is 2.18. The van der Waals surface area contributed by atoms with Gasteiger partial charge in [0, 0.05) is 10.7 Å². The van der Waals surface area contributed by atoms with Crippen LogP contribution in [-0.2, 0) is 4.79 Å². The summed E-state index contributed by atoms with van der Waals surface area (Å²) in [6.45, 7) is 1.57. The summed E-state index contributed by atoms with van der Waals surface area (Å²) in [4.78, 5) is 22.7. The second kappa shape index (κ2) is 6.95. The Balaban J connectivity index is 1.94. The van der Waals surface area contributed by atoms with E-state index in [1.807, 2.05) is 0 Å². The van der Waals surface area contributed by atoms with Gasteiger partial charge in [0.1, 0.15) is 5.75 Å². The van der Waals surface area contributed by atoms with Crippen LogP contribution in [0.5, 0.6) is 5.75 Å². The van der Waals surface area contributed by atoms with E-state index in [9.17, 15) is 9.59 Å². The third-order valence-corrected chi connectivity index (χ3v) is 3.18. The van der Waals surface area contributed by atoms with Gasteiger partial charge in [-0.25, -0.2) is 4.79 Å². The molecule has 0 bridgehead atoms. The zero-order chi connectivity index (χ0) is 16.1. The lowest BCUT2D eigenvalue weighted by atomic mass is 10.1. The van der Waals surface area contributed by atoms with Gasteiger partial charge >= 0.3 is 5.97 Å². The van der Waals surface area contributed by atoms with Crippen LogP contribution in [0.25, 0.3) is 0 Å². The van der Waals surface area contributed by atoms with Gasteiger partial charge in [0.15, 0.2) is 6.61 Å². The molecule has 2 aromatic carbocycles. The highest BCUT2D eigenvalue weighted by Gasteiger charge is 2.09. The van der Waals surface area contributed by atoms with E-state index in [1.165, 1.54) is 12.1 Å². The topological polar surface area (TPSA) is 75.6 Å². The minimum atomic E-state index is -1.01. The Morgan fingerprint density at radius 2 is 1.86 bits per heavy atom. The Morgan fingerprint density at radius 1 is 1.18 bits per heavy atom. The molecule has 0 aliphatic heterocycles. The minimum Gasteiger partial charge on any atom is -0.484 e. The fourth-order valence-electron chi connectivity index (χ4n) is 1.80. The number of amides is 1. The van der Waals surface area contributed by atoms with Crippen molar-refractivity contribution >= 4 is 29.2 Å². The zero-order valence-electron chi connectivity index (χ0n) is 11.8. The third kappa shape index (κ3) is 4.23. The smallest absolute Gasteiger partial charge is 0.335 e. The number of ether oxygens (including phenoxy) is 1. The van der Waals surface area contributed by atoms with Crippen molar-refractivity contribution in [3.63, 3.8) is 0 Å². The van der Waals surface area contributed by atoms with Gasteiger partial charge in [-0.15, -0.1) is 0 Å². The van der Waals surface area contributed by atoms with Crippen LogP contribution >= 0.6 is 11.6 Å². The number of hydrogen-bond acceptors (Lipinski definition) is 3. The number of carboxylic acids is 1. The summed E-state index contributed by atoms with van der Waals surface area (Å²) in [5.41, 5.74) is 1.39. The molecule has 0 spiro atoms. The lowest BCUT2D eigenvalue weighted by Gasteiger charge is -2.10. The van der Waals surface area contributed by atoms with Crippen LogP contribution < -0.4 is 10.1 Å². The molecule has 114 valence electrons. The van der Waals surface area contributed by atoms with Crippen LogP contribution in [0.3, 0.4) is 0 Å². The van der Waals surface area contributed by atoms with Crippen LogP contribution in [0.2, 0.25) is 5.02 Å². The van der Waals surface area contributed by atoms with Crippen molar-refractivity contribution in [2.75, 3.05) is 11.9 Å². The van der Waals surface area contributed by atoms with Crippen molar-refractivity contribution < 1.29 is 19.4 Å². The Bertz CT molecular complexity index is 698. The third-order valence-electron chi connectivity index (χ3n) is 2.93. The summed E-state index contributed by atoms with van der Waals surface area (Å²) in [5.74, 6) is -0.800. The molecule has 0 saturated carbocycles. The lowest BCUT2D eigenvalue weighted by Crippen LogP contribution is -2.20. The summed E-state index contributed by atoms with van der Waals surface area (Å²) in [5, 5.41) is 12.2. The minimum absolute atomic E-state index is 0.151. The maximum Gasteiger partial charge on any atom is 0.335 e. The average molecular weight is 320 g/mol. The number of nitrogens with one attached hydrogen (secondary N) is 1. The Kier molecular flexibility index (Phi) is 5.01. The van der Waals surface area contributed by atoms with Gasteiger partial charge in [0.2, 0.25) is 0 Å². The van der Waals surface area contributed by atoms with Gasteiger partial charge in [-0.3, -0.25) is 4.79 Å². The average Bonchev–Trinajstić information content (AvgIpc) is 2.48. The summed E-state index contributed by atoms with van der Waals surface area (Å²) in [7, 11) is 0. The SMILES string of the molecule is Cc1cc(C(=O)O)ccc1NC(=O)COc1ccc(Cl)cc1. The Labute approximate surface area is 132 Å². The van der Waals surface area contributed by atoms with Crippen LogP contribution in [0.4, 0.5) is 5.69 Å². The summed E-state index contributed by atoms with van der Waals surface area (Å²) >= 11 is 5.76. The molecule has 0 radical (unpaired) electrons. The molecule has 6 heteroatoms. The first-order chi connectivity index (χ1) is 10.5. The van der Waals surface area contributed by atoms with Crippen LogP contribution in [0.15, 0.2) is 42.5 Å². The van der Waals surface area contributed by atoms with Gasteiger partial charge < -0.3 is 15.2 Å². The number of anilines is 1. The van der Waals surface area contributed by atoms with Crippen molar-refractivity contribution in [3.8, 4) is 5.75 Å². The molecule has 0 heterocycles. The van der Waals surface area contributed by atoms with E-state index in [0.717, 1.165) is 0 Å².